The minimum atomic E-state index is -1.70. The van der Waals surface area contributed by atoms with Crippen molar-refractivity contribution in [2.75, 3.05) is 7.11 Å². The maximum absolute atomic E-state index is 11.8. The lowest BCUT2D eigenvalue weighted by atomic mass is 9.72. The van der Waals surface area contributed by atoms with Crippen LogP contribution in [0.25, 0.3) is 0 Å². The number of ether oxygens (including phenoxy) is 1. The van der Waals surface area contributed by atoms with Gasteiger partial charge in [0.2, 0.25) is 0 Å². The predicted octanol–water partition coefficient (Wildman–Crippen LogP) is 3.76. The monoisotopic (exact) mass is 320 g/mol. The van der Waals surface area contributed by atoms with Crippen molar-refractivity contribution in [3.05, 3.63) is 29.8 Å². The number of benzene rings is 1. The highest BCUT2D eigenvalue weighted by molar-refractivity contribution is 5.77. The fraction of sp³-hybridized carbons (Fsp3) is 0.632. The van der Waals surface area contributed by atoms with Crippen molar-refractivity contribution < 1.29 is 19.7 Å². The lowest BCUT2D eigenvalue weighted by molar-refractivity contribution is -0.163. The van der Waals surface area contributed by atoms with Crippen LogP contribution in [0.3, 0.4) is 0 Å². The fourth-order valence-electron chi connectivity index (χ4n) is 3.96. The molecular weight excluding hydrogens is 292 g/mol. The highest BCUT2D eigenvalue weighted by atomic mass is 16.5. The van der Waals surface area contributed by atoms with Crippen molar-refractivity contribution in [3.63, 3.8) is 0 Å². The van der Waals surface area contributed by atoms with Crippen LogP contribution >= 0.6 is 0 Å². The lowest BCUT2D eigenvalue weighted by Crippen LogP contribution is -2.45. The molecule has 1 fully saturated rings. The molecule has 1 aromatic rings. The van der Waals surface area contributed by atoms with Crippen LogP contribution in [0.15, 0.2) is 24.3 Å². The van der Waals surface area contributed by atoms with E-state index in [1.807, 2.05) is 38.1 Å². The van der Waals surface area contributed by atoms with Gasteiger partial charge in [0.05, 0.1) is 7.11 Å². The summed E-state index contributed by atoms with van der Waals surface area (Å²) in [4.78, 5) is 11.8. The van der Waals surface area contributed by atoms with Gasteiger partial charge in [0.25, 0.3) is 0 Å². The molecule has 1 aliphatic rings. The number of hydrogen-bond donors (Lipinski definition) is 2. The van der Waals surface area contributed by atoms with E-state index in [4.69, 9.17) is 4.74 Å². The van der Waals surface area contributed by atoms with Gasteiger partial charge in [0, 0.05) is 0 Å². The molecule has 128 valence electrons. The van der Waals surface area contributed by atoms with Gasteiger partial charge in [-0.15, -0.1) is 0 Å². The Hall–Kier alpha value is -1.55. The number of para-hydroxylation sites is 1. The zero-order chi connectivity index (χ0) is 17.1. The molecule has 0 heterocycles. The molecule has 0 aliphatic heterocycles. The molecule has 0 amide bonds. The predicted molar refractivity (Wildman–Crippen MR) is 89.8 cm³/mol. The Morgan fingerprint density at radius 2 is 1.87 bits per heavy atom. The molecule has 0 spiro atoms. The Kier molecular flexibility index (Phi) is 5.35. The molecule has 4 heteroatoms. The van der Waals surface area contributed by atoms with Crippen molar-refractivity contribution in [1.29, 1.82) is 0 Å². The summed E-state index contributed by atoms with van der Waals surface area (Å²) in [7, 11) is 1.61. The Labute approximate surface area is 138 Å². The highest BCUT2D eigenvalue weighted by Crippen LogP contribution is 2.41. The largest absolute Gasteiger partial charge is 0.496 e. The van der Waals surface area contributed by atoms with E-state index in [0.29, 0.717) is 12.3 Å². The van der Waals surface area contributed by atoms with Gasteiger partial charge < -0.3 is 14.9 Å². The normalized spacial score (nSPS) is 18.6. The second-order valence-electron chi connectivity index (χ2n) is 7.45. The Morgan fingerprint density at radius 1 is 1.26 bits per heavy atom. The molecule has 0 aromatic heterocycles. The van der Waals surface area contributed by atoms with Gasteiger partial charge in [-0.2, -0.15) is 0 Å². The highest BCUT2D eigenvalue weighted by Gasteiger charge is 2.44. The topological polar surface area (TPSA) is 66.8 Å². The van der Waals surface area contributed by atoms with Crippen LogP contribution in [0.5, 0.6) is 5.75 Å². The summed E-state index contributed by atoms with van der Waals surface area (Å²) in [6.45, 7) is 3.93. The first-order valence-electron chi connectivity index (χ1n) is 8.38. The second-order valence-corrected chi connectivity index (χ2v) is 7.45. The Bertz CT molecular complexity index is 546. The third-order valence-electron chi connectivity index (χ3n) is 5.07. The average molecular weight is 320 g/mol. The molecule has 23 heavy (non-hydrogen) atoms. The summed E-state index contributed by atoms with van der Waals surface area (Å²) in [5.74, 6) is -0.0805. The van der Waals surface area contributed by atoms with E-state index >= 15 is 0 Å². The second kappa shape index (κ2) is 6.91. The van der Waals surface area contributed by atoms with E-state index in [1.165, 1.54) is 0 Å². The maximum Gasteiger partial charge on any atom is 0.335 e. The lowest BCUT2D eigenvalue weighted by Gasteiger charge is -2.36. The van der Waals surface area contributed by atoms with Crippen LogP contribution in [0.4, 0.5) is 0 Å². The van der Waals surface area contributed by atoms with Gasteiger partial charge in [0.15, 0.2) is 5.60 Å². The van der Waals surface area contributed by atoms with E-state index in [-0.39, 0.29) is 6.42 Å². The maximum atomic E-state index is 11.8. The van der Waals surface area contributed by atoms with E-state index < -0.39 is 17.0 Å². The molecule has 2 N–H and O–H groups in total. The average Bonchev–Trinajstić information content (AvgIpc) is 2.99. The molecule has 1 unspecified atom stereocenters. The number of aliphatic hydroxyl groups is 1. The van der Waals surface area contributed by atoms with Crippen molar-refractivity contribution in [2.45, 2.75) is 63.4 Å². The summed E-state index contributed by atoms with van der Waals surface area (Å²) in [6, 6.07) is 7.61. The fourth-order valence-corrected chi connectivity index (χ4v) is 3.96. The summed E-state index contributed by atoms with van der Waals surface area (Å²) in [6.07, 6.45) is 4.81. The first kappa shape index (κ1) is 17.8. The molecule has 1 aliphatic carbocycles. The zero-order valence-electron chi connectivity index (χ0n) is 14.3. The van der Waals surface area contributed by atoms with Crippen LogP contribution in [-0.4, -0.2) is 28.9 Å². The first-order chi connectivity index (χ1) is 10.8. The third kappa shape index (κ3) is 4.05. The van der Waals surface area contributed by atoms with Crippen molar-refractivity contribution in [2.24, 2.45) is 5.92 Å². The van der Waals surface area contributed by atoms with Gasteiger partial charge in [-0.25, -0.2) is 4.79 Å². The molecule has 0 bridgehead atoms. The summed E-state index contributed by atoms with van der Waals surface area (Å²) in [5, 5.41) is 20.5. The standard InChI is InChI=1S/C19H28O4/c1-18(2,15-10-6-7-11-16(15)23-3)13-19(22,17(20)21)12-14-8-4-5-9-14/h6-7,10-11,14,22H,4-5,8-9,12-13H2,1-3H3,(H,20,21). The first-order valence-corrected chi connectivity index (χ1v) is 8.38. The number of methoxy groups -OCH3 is 1. The van der Waals surface area contributed by atoms with Crippen molar-refractivity contribution in [3.8, 4) is 5.75 Å². The SMILES string of the molecule is COc1ccccc1C(C)(C)CC(O)(CC1CCCC1)C(=O)O. The smallest absolute Gasteiger partial charge is 0.335 e. The van der Waals surface area contributed by atoms with Crippen LogP contribution in [0.2, 0.25) is 0 Å². The summed E-state index contributed by atoms with van der Waals surface area (Å²) in [5.41, 5.74) is -1.27. The van der Waals surface area contributed by atoms with Gasteiger partial charge in [-0.1, -0.05) is 57.7 Å². The molecule has 1 saturated carbocycles. The Morgan fingerprint density at radius 3 is 2.43 bits per heavy atom. The number of hydrogen-bond acceptors (Lipinski definition) is 3. The van der Waals surface area contributed by atoms with Gasteiger partial charge in [-0.05, 0) is 35.8 Å². The minimum Gasteiger partial charge on any atom is -0.496 e. The van der Waals surface area contributed by atoms with E-state index in [9.17, 15) is 15.0 Å². The van der Waals surface area contributed by atoms with E-state index in [2.05, 4.69) is 0 Å². The third-order valence-corrected chi connectivity index (χ3v) is 5.07. The molecule has 4 nitrogen and oxygen atoms in total. The van der Waals surface area contributed by atoms with Crippen molar-refractivity contribution >= 4 is 5.97 Å². The molecule has 1 atom stereocenters. The van der Waals surface area contributed by atoms with Crippen molar-refractivity contribution in [1.82, 2.24) is 0 Å². The van der Waals surface area contributed by atoms with Crippen LogP contribution < -0.4 is 4.74 Å². The zero-order valence-corrected chi connectivity index (χ0v) is 14.3. The molecule has 1 aromatic carbocycles. The number of aliphatic carboxylic acids is 1. The quantitative estimate of drug-likeness (QED) is 0.803. The minimum absolute atomic E-state index is 0.173. The van der Waals surface area contributed by atoms with Gasteiger partial charge >= 0.3 is 5.97 Å². The summed E-state index contributed by atoms with van der Waals surface area (Å²) < 4.78 is 5.41. The number of rotatable bonds is 7. The Balaban J connectivity index is 2.25. The summed E-state index contributed by atoms with van der Waals surface area (Å²) >= 11 is 0. The number of carboxylic acid groups (broad SMARTS) is 1. The van der Waals surface area contributed by atoms with Gasteiger partial charge in [-0.3, -0.25) is 0 Å². The number of carbonyl (C=O) groups is 1. The van der Waals surface area contributed by atoms with Crippen LogP contribution in [0.1, 0.15) is 57.9 Å². The molecule has 0 radical (unpaired) electrons. The molecule has 0 saturated heterocycles. The molecular formula is C19H28O4. The van der Waals surface area contributed by atoms with Crippen LogP contribution in [-0.2, 0) is 10.2 Å². The van der Waals surface area contributed by atoms with Gasteiger partial charge in [0.1, 0.15) is 5.75 Å². The van der Waals surface area contributed by atoms with E-state index in [0.717, 1.165) is 37.0 Å². The van der Waals surface area contributed by atoms with E-state index in [1.54, 1.807) is 7.11 Å². The molecule has 2 rings (SSSR count). The van der Waals surface area contributed by atoms with Crippen LogP contribution in [0, 0.1) is 5.92 Å². The number of carboxylic acids is 1.